The molecule has 0 radical (unpaired) electrons. The summed E-state index contributed by atoms with van der Waals surface area (Å²) < 4.78 is 14.0. The van der Waals surface area contributed by atoms with Gasteiger partial charge in [-0.15, -0.1) is 11.3 Å². The van der Waals surface area contributed by atoms with Gasteiger partial charge in [-0.2, -0.15) is 0 Å². The van der Waals surface area contributed by atoms with Crippen LogP contribution in [0, 0.1) is 12.7 Å². The highest BCUT2D eigenvalue weighted by molar-refractivity contribution is 9.10. The fourth-order valence-corrected chi connectivity index (χ4v) is 3.46. The largest absolute Gasteiger partial charge is 0.323 e. The smallest absolute Gasteiger partial charge is 0.123 e. The fourth-order valence-electron chi connectivity index (χ4n) is 1.79. The Labute approximate surface area is 113 Å². The van der Waals surface area contributed by atoms with E-state index in [1.165, 1.54) is 6.07 Å². The van der Waals surface area contributed by atoms with Crippen LogP contribution >= 0.6 is 27.3 Å². The summed E-state index contributed by atoms with van der Waals surface area (Å²) >= 11 is 5.12. The van der Waals surface area contributed by atoms with Crippen molar-refractivity contribution in [1.82, 2.24) is 0 Å². The SMILES string of the molecule is Cc1cc(F)ccc1CC(N)c1sccc1Br. The molecule has 0 spiro atoms. The highest BCUT2D eigenvalue weighted by Gasteiger charge is 2.13. The normalized spacial score (nSPS) is 12.7. The Hall–Kier alpha value is -0.710. The minimum absolute atomic E-state index is 0.0477. The number of halogens is 2. The maximum atomic E-state index is 13.0. The number of rotatable bonds is 3. The molecule has 2 rings (SSSR count). The van der Waals surface area contributed by atoms with Crippen LogP contribution < -0.4 is 5.73 Å². The fraction of sp³-hybridized carbons (Fsp3) is 0.231. The van der Waals surface area contributed by atoms with E-state index in [0.717, 1.165) is 26.9 Å². The van der Waals surface area contributed by atoms with Crippen LogP contribution in [-0.4, -0.2) is 0 Å². The molecule has 0 aliphatic heterocycles. The van der Waals surface area contributed by atoms with Crippen molar-refractivity contribution in [3.05, 3.63) is 55.9 Å². The van der Waals surface area contributed by atoms with Gasteiger partial charge < -0.3 is 5.73 Å². The van der Waals surface area contributed by atoms with Gasteiger partial charge in [-0.25, -0.2) is 4.39 Å². The van der Waals surface area contributed by atoms with E-state index in [-0.39, 0.29) is 11.9 Å². The summed E-state index contributed by atoms with van der Waals surface area (Å²) in [6, 6.07) is 6.79. The highest BCUT2D eigenvalue weighted by atomic mass is 79.9. The quantitative estimate of drug-likeness (QED) is 0.903. The second-order valence-electron chi connectivity index (χ2n) is 4.01. The second-order valence-corrected chi connectivity index (χ2v) is 5.82. The molecule has 1 aromatic carbocycles. The Morgan fingerprint density at radius 1 is 1.41 bits per heavy atom. The van der Waals surface area contributed by atoms with Crippen molar-refractivity contribution in [2.45, 2.75) is 19.4 Å². The van der Waals surface area contributed by atoms with Crippen molar-refractivity contribution >= 4 is 27.3 Å². The van der Waals surface area contributed by atoms with E-state index in [1.54, 1.807) is 17.4 Å². The monoisotopic (exact) mass is 313 g/mol. The Kier molecular flexibility index (Phi) is 3.97. The summed E-state index contributed by atoms with van der Waals surface area (Å²) in [6.07, 6.45) is 0.727. The Bertz CT molecular complexity index is 524. The van der Waals surface area contributed by atoms with Crippen LogP contribution in [-0.2, 0) is 6.42 Å². The summed E-state index contributed by atoms with van der Waals surface area (Å²) in [5, 5.41) is 2.01. The zero-order chi connectivity index (χ0) is 12.4. The molecule has 90 valence electrons. The second kappa shape index (κ2) is 5.29. The van der Waals surface area contributed by atoms with Crippen LogP contribution in [0.4, 0.5) is 4.39 Å². The van der Waals surface area contributed by atoms with Crippen LogP contribution in [0.15, 0.2) is 34.1 Å². The van der Waals surface area contributed by atoms with Crippen LogP contribution in [0.2, 0.25) is 0 Å². The van der Waals surface area contributed by atoms with Crippen LogP contribution in [0.1, 0.15) is 22.0 Å². The number of hydrogen-bond acceptors (Lipinski definition) is 2. The molecule has 0 aliphatic carbocycles. The first kappa shape index (κ1) is 12.7. The molecular formula is C13H13BrFNS. The van der Waals surface area contributed by atoms with E-state index in [9.17, 15) is 4.39 Å². The zero-order valence-electron chi connectivity index (χ0n) is 9.41. The number of thiophene rings is 1. The summed E-state index contributed by atoms with van der Waals surface area (Å²) in [4.78, 5) is 1.13. The summed E-state index contributed by atoms with van der Waals surface area (Å²) in [7, 11) is 0. The van der Waals surface area contributed by atoms with E-state index >= 15 is 0 Å². The van der Waals surface area contributed by atoms with Crippen LogP contribution in [0.5, 0.6) is 0 Å². The Balaban J connectivity index is 2.19. The third-order valence-corrected chi connectivity index (χ3v) is 4.73. The van der Waals surface area contributed by atoms with Gasteiger partial charge in [0.1, 0.15) is 5.82 Å². The molecule has 17 heavy (non-hydrogen) atoms. The lowest BCUT2D eigenvalue weighted by Crippen LogP contribution is -2.13. The van der Waals surface area contributed by atoms with E-state index in [4.69, 9.17) is 5.73 Å². The van der Waals surface area contributed by atoms with E-state index < -0.39 is 0 Å². The Morgan fingerprint density at radius 3 is 2.76 bits per heavy atom. The predicted octanol–water partition coefficient (Wildman–Crippen LogP) is 4.20. The molecule has 0 amide bonds. The lowest BCUT2D eigenvalue weighted by atomic mass is 10.0. The van der Waals surface area contributed by atoms with Crippen molar-refractivity contribution < 1.29 is 4.39 Å². The predicted molar refractivity (Wildman–Crippen MR) is 73.8 cm³/mol. The van der Waals surface area contributed by atoms with Gasteiger partial charge in [0.25, 0.3) is 0 Å². The summed E-state index contributed by atoms with van der Waals surface area (Å²) in [6.45, 7) is 1.91. The molecule has 0 fully saturated rings. The zero-order valence-corrected chi connectivity index (χ0v) is 11.8. The molecule has 0 aliphatic rings. The molecule has 1 unspecified atom stereocenters. The standard InChI is InChI=1S/C13H13BrFNS/c1-8-6-10(15)3-2-9(8)7-12(16)13-11(14)4-5-17-13/h2-6,12H,7,16H2,1H3. The lowest BCUT2D eigenvalue weighted by Gasteiger charge is -2.12. The molecule has 1 heterocycles. The average Bonchev–Trinajstić information content (AvgIpc) is 2.68. The number of benzene rings is 1. The van der Waals surface area contributed by atoms with Crippen molar-refractivity contribution in [2.75, 3.05) is 0 Å². The van der Waals surface area contributed by atoms with Gasteiger partial charge >= 0.3 is 0 Å². The van der Waals surface area contributed by atoms with E-state index in [1.807, 2.05) is 24.4 Å². The number of hydrogen-bond donors (Lipinski definition) is 1. The van der Waals surface area contributed by atoms with Crippen molar-refractivity contribution in [1.29, 1.82) is 0 Å². The lowest BCUT2D eigenvalue weighted by molar-refractivity contribution is 0.624. The van der Waals surface area contributed by atoms with Crippen molar-refractivity contribution in [3.63, 3.8) is 0 Å². The van der Waals surface area contributed by atoms with E-state index in [0.29, 0.717) is 0 Å². The van der Waals surface area contributed by atoms with Gasteiger partial charge in [-0.05, 0) is 64.0 Å². The molecule has 1 nitrogen and oxygen atoms in total. The molecule has 1 aromatic heterocycles. The number of aryl methyl sites for hydroxylation is 1. The third kappa shape index (κ3) is 2.94. The van der Waals surface area contributed by atoms with Gasteiger partial charge in [-0.1, -0.05) is 6.07 Å². The average molecular weight is 314 g/mol. The molecule has 0 bridgehead atoms. The maximum Gasteiger partial charge on any atom is 0.123 e. The van der Waals surface area contributed by atoms with Gasteiger partial charge in [0, 0.05) is 15.4 Å². The number of nitrogens with two attached hydrogens (primary N) is 1. The van der Waals surface area contributed by atoms with Gasteiger partial charge in [0.2, 0.25) is 0 Å². The maximum absolute atomic E-state index is 13.0. The first-order valence-electron chi connectivity index (χ1n) is 5.31. The van der Waals surface area contributed by atoms with Gasteiger partial charge in [0.05, 0.1) is 0 Å². The van der Waals surface area contributed by atoms with E-state index in [2.05, 4.69) is 15.9 Å². The minimum atomic E-state index is -0.197. The molecule has 0 saturated carbocycles. The molecule has 0 saturated heterocycles. The van der Waals surface area contributed by atoms with Crippen LogP contribution in [0.3, 0.4) is 0 Å². The third-order valence-electron chi connectivity index (χ3n) is 2.73. The molecule has 2 N–H and O–H groups in total. The van der Waals surface area contributed by atoms with Gasteiger partial charge in [-0.3, -0.25) is 0 Å². The summed E-state index contributed by atoms with van der Waals surface area (Å²) in [5.41, 5.74) is 8.21. The van der Waals surface area contributed by atoms with Gasteiger partial charge in [0.15, 0.2) is 0 Å². The van der Waals surface area contributed by atoms with Crippen molar-refractivity contribution in [2.24, 2.45) is 5.73 Å². The minimum Gasteiger partial charge on any atom is -0.323 e. The van der Waals surface area contributed by atoms with Crippen molar-refractivity contribution in [3.8, 4) is 0 Å². The molecule has 4 heteroatoms. The topological polar surface area (TPSA) is 26.0 Å². The van der Waals surface area contributed by atoms with Crippen LogP contribution in [0.25, 0.3) is 0 Å². The molecule has 1 atom stereocenters. The first-order valence-corrected chi connectivity index (χ1v) is 6.98. The molecular weight excluding hydrogens is 301 g/mol. The molecule has 2 aromatic rings. The Morgan fingerprint density at radius 2 is 2.18 bits per heavy atom. The highest BCUT2D eigenvalue weighted by Crippen LogP contribution is 2.30. The summed E-state index contributed by atoms with van der Waals surface area (Å²) in [5.74, 6) is -0.197. The first-order chi connectivity index (χ1) is 8.08.